The smallest absolute Gasteiger partial charge is 0.410 e. The van der Waals surface area contributed by atoms with Crippen LogP contribution in [0.25, 0.3) is 22.0 Å². The lowest BCUT2D eigenvalue weighted by molar-refractivity contribution is 0.0623. The first-order valence-electron chi connectivity index (χ1n) is 13.6. The molecule has 4 aromatic rings. The molecule has 0 saturated carbocycles. The Morgan fingerprint density at radius 2 is 1.82 bits per heavy atom. The molecule has 208 valence electrons. The number of nitrogens with two attached hydrogens (primary N) is 1. The highest BCUT2D eigenvalue weighted by molar-refractivity contribution is 6.34. The van der Waals surface area contributed by atoms with Gasteiger partial charge in [-0.25, -0.2) is 4.79 Å². The quantitative estimate of drug-likeness (QED) is 0.237. The summed E-state index contributed by atoms with van der Waals surface area (Å²) in [6.45, 7) is 5.19. The molecule has 1 atom stereocenters. The molecule has 1 aliphatic heterocycles. The van der Waals surface area contributed by atoms with E-state index in [1.807, 2.05) is 61.2 Å². The van der Waals surface area contributed by atoms with Crippen LogP contribution in [-0.2, 0) is 11.3 Å². The van der Waals surface area contributed by atoms with Crippen molar-refractivity contribution in [3.8, 4) is 16.9 Å². The number of hydrogen-bond acceptors (Lipinski definition) is 5. The van der Waals surface area contributed by atoms with E-state index >= 15 is 0 Å². The lowest BCUT2D eigenvalue weighted by atomic mass is 9.98. The van der Waals surface area contributed by atoms with Crippen LogP contribution in [0.15, 0.2) is 65.5 Å². The fourth-order valence-corrected chi connectivity index (χ4v) is 5.64. The van der Waals surface area contributed by atoms with Crippen LogP contribution < -0.4 is 16.0 Å². The molecule has 1 saturated heterocycles. The summed E-state index contributed by atoms with van der Waals surface area (Å²) >= 11 is 6.27. The molecule has 1 unspecified atom stereocenters. The second-order valence-electron chi connectivity index (χ2n) is 10.5. The molecule has 1 aromatic heterocycles. The highest BCUT2D eigenvalue weighted by atomic mass is 35.5. The first kappa shape index (κ1) is 27.6. The maximum absolute atomic E-state index is 13.4. The summed E-state index contributed by atoms with van der Waals surface area (Å²) in [5, 5.41) is 1.04. The lowest BCUT2D eigenvalue weighted by Gasteiger charge is -2.35. The lowest BCUT2D eigenvalue weighted by Crippen LogP contribution is -2.44. The van der Waals surface area contributed by atoms with Crippen LogP contribution >= 0.6 is 11.6 Å². The predicted molar refractivity (Wildman–Crippen MR) is 160 cm³/mol. The van der Waals surface area contributed by atoms with E-state index in [-0.39, 0.29) is 24.3 Å². The Hall–Kier alpha value is -3.97. The topological polar surface area (TPSA) is 97.6 Å². The number of nitrogens with one attached hydrogen (secondary N) is 1. The van der Waals surface area contributed by atoms with Crippen molar-refractivity contribution in [1.29, 1.82) is 0 Å². The van der Waals surface area contributed by atoms with Crippen molar-refractivity contribution >= 4 is 34.3 Å². The average Bonchev–Trinajstić information content (AvgIpc) is 2.93. The number of nitrogens with zero attached hydrogens (tertiary/aromatic N) is 1. The maximum atomic E-state index is 13.4. The van der Waals surface area contributed by atoms with Crippen molar-refractivity contribution < 1.29 is 14.3 Å². The van der Waals surface area contributed by atoms with E-state index in [0.717, 1.165) is 41.5 Å². The number of aryl methyl sites for hydroxylation is 2. The molecule has 0 bridgehead atoms. The van der Waals surface area contributed by atoms with Crippen molar-refractivity contribution in [2.75, 3.05) is 18.9 Å². The molecule has 1 amide bonds. The molecule has 40 heavy (non-hydrogen) atoms. The van der Waals surface area contributed by atoms with Crippen molar-refractivity contribution in [3.63, 3.8) is 0 Å². The molecule has 5 rings (SSSR count). The van der Waals surface area contributed by atoms with Crippen molar-refractivity contribution in [3.05, 3.63) is 92.7 Å². The SMILES string of the molecule is Cc1cc(C)cc(-c2c(OCCC3CCCCN3C(=O)OCc3ccccc3)c3cc(N)c(Cl)cc3[nH]c2=O)c1. The first-order valence-corrected chi connectivity index (χ1v) is 14.0. The summed E-state index contributed by atoms with van der Waals surface area (Å²) in [6.07, 6.45) is 3.13. The molecule has 2 heterocycles. The molecule has 8 heteroatoms. The molecule has 3 aromatic carbocycles. The fraction of sp³-hybridized carbons (Fsp3) is 0.312. The second kappa shape index (κ2) is 12.0. The van der Waals surface area contributed by atoms with Gasteiger partial charge in [-0.2, -0.15) is 0 Å². The highest BCUT2D eigenvalue weighted by Crippen LogP contribution is 2.37. The Kier molecular flexibility index (Phi) is 8.31. The van der Waals surface area contributed by atoms with Crippen LogP contribution in [0.3, 0.4) is 0 Å². The number of nitrogen functional groups attached to an aromatic ring is 1. The zero-order chi connectivity index (χ0) is 28.2. The summed E-state index contributed by atoms with van der Waals surface area (Å²) in [6, 6.07) is 19.0. The molecular formula is C32H34ClN3O4. The monoisotopic (exact) mass is 559 g/mol. The van der Waals surface area contributed by atoms with E-state index in [0.29, 0.717) is 52.5 Å². The third-order valence-electron chi connectivity index (χ3n) is 7.36. The summed E-state index contributed by atoms with van der Waals surface area (Å²) in [5.74, 6) is 0.459. The Balaban J connectivity index is 1.40. The van der Waals surface area contributed by atoms with Crippen LogP contribution in [0, 0.1) is 13.8 Å². The van der Waals surface area contributed by atoms with Crippen LogP contribution in [-0.4, -0.2) is 35.2 Å². The Morgan fingerprint density at radius 1 is 1.07 bits per heavy atom. The molecular weight excluding hydrogens is 526 g/mol. The molecule has 3 N–H and O–H groups in total. The first-order chi connectivity index (χ1) is 19.3. The number of benzene rings is 3. The zero-order valence-electron chi connectivity index (χ0n) is 22.8. The molecule has 1 fully saturated rings. The molecule has 1 aliphatic rings. The van der Waals surface area contributed by atoms with Gasteiger partial charge < -0.3 is 25.1 Å². The number of fused-ring (bicyclic) bond motifs is 1. The van der Waals surface area contributed by atoms with Gasteiger partial charge in [-0.15, -0.1) is 0 Å². The van der Waals surface area contributed by atoms with Crippen LogP contribution in [0.4, 0.5) is 10.5 Å². The number of carbonyl (C=O) groups excluding carboxylic acids is 1. The summed E-state index contributed by atoms with van der Waals surface area (Å²) in [4.78, 5) is 31.1. The number of H-pyrrole nitrogens is 1. The van der Waals surface area contributed by atoms with E-state index in [2.05, 4.69) is 11.1 Å². The van der Waals surface area contributed by atoms with Crippen molar-refractivity contribution in [2.45, 2.75) is 52.2 Å². The minimum atomic E-state index is -0.312. The number of anilines is 1. The highest BCUT2D eigenvalue weighted by Gasteiger charge is 2.28. The van der Waals surface area contributed by atoms with E-state index < -0.39 is 0 Å². The van der Waals surface area contributed by atoms with Gasteiger partial charge >= 0.3 is 6.09 Å². The zero-order valence-corrected chi connectivity index (χ0v) is 23.6. The van der Waals surface area contributed by atoms with Crippen molar-refractivity contribution in [2.24, 2.45) is 0 Å². The number of aromatic nitrogens is 1. The number of hydrogen-bond donors (Lipinski definition) is 2. The van der Waals surface area contributed by atoms with Gasteiger partial charge in [0, 0.05) is 24.4 Å². The van der Waals surface area contributed by atoms with Gasteiger partial charge in [-0.3, -0.25) is 4.79 Å². The normalized spacial score (nSPS) is 15.3. The number of likely N-dealkylation sites (tertiary alicyclic amines) is 1. The molecule has 0 aliphatic carbocycles. The number of pyridine rings is 1. The van der Waals surface area contributed by atoms with Gasteiger partial charge in [0.05, 0.1) is 28.4 Å². The average molecular weight is 560 g/mol. The second-order valence-corrected chi connectivity index (χ2v) is 10.9. The summed E-state index contributed by atoms with van der Waals surface area (Å²) in [5.41, 5.74) is 11.1. The fourth-order valence-electron chi connectivity index (χ4n) is 5.48. The van der Waals surface area contributed by atoms with Crippen LogP contribution in [0.1, 0.15) is 42.4 Å². The number of halogens is 1. The van der Waals surface area contributed by atoms with Gasteiger partial charge in [0.25, 0.3) is 5.56 Å². The van der Waals surface area contributed by atoms with E-state index in [4.69, 9.17) is 26.8 Å². The third-order valence-corrected chi connectivity index (χ3v) is 7.69. The summed E-state index contributed by atoms with van der Waals surface area (Å²) < 4.78 is 12.1. The van der Waals surface area contributed by atoms with Gasteiger partial charge in [0.2, 0.25) is 0 Å². The van der Waals surface area contributed by atoms with Crippen LogP contribution in [0.5, 0.6) is 5.75 Å². The number of rotatable bonds is 7. The Labute approximate surface area is 238 Å². The van der Waals surface area contributed by atoms with Gasteiger partial charge in [-0.05, 0) is 56.4 Å². The number of ether oxygens (including phenoxy) is 2. The minimum absolute atomic E-state index is 0.0190. The minimum Gasteiger partial charge on any atom is -0.492 e. The number of piperidine rings is 1. The van der Waals surface area contributed by atoms with Crippen LogP contribution in [0.2, 0.25) is 5.02 Å². The summed E-state index contributed by atoms with van der Waals surface area (Å²) in [7, 11) is 0. The predicted octanol–water partition coefficient (Wildman–Crippen LogP) is 7.01. The van der Waals surface area contributed by atoms with Gasteiger partial charge in [0.15, 0.2) is 0 Å². The van der Waals surface area contributed by atoms with Gasteiger partial charge in [-0.1, -0.05) is 71.3 Å². The third kappa shape index (κ3) is 6.10. The molecule has 0 radical (unpaired) electrons. The largest absolute Gasteiger partial charge is 0.492 e. The van der Waals surface area contributed by atoms with E-state index in [1.165, 1.54) is 0 Å². The molecule has 7 nitrogen and oxygen atoms in total. The van der Waals surface area contributed by atoms with Gasteiger partial charge in [0.1, 0.15) is 12.4 Å². The number of carbonyl (C=O) groups is 1. The Bertz CT molecular complexity index is 1560. The Morgan fingerprint density at radius 3 is 2.58 bits per heavy atom. The number of amides is 1. The van der Waals surface area contributed by atoms with E-state index in [1.54, 1.807) is 12.1 Å². The number of aromatic amines is 1. The maximum Gasteiger partial charge on any atom is 0.410 e. The standard InChI is InChI=1S/C32H34ClN3O4/c1-20-14-21(2)16-23(15-20)29-30(25-17-27(34)26(33)18-28(25)35-31(29)37)39-13-11-24-10-6-7-12-36(24)32(38)40-19-22-8-4-3-5-9-22/h3-5,8-9,14-18,24H,6-7,10-13,19,34H2,1-2H3,(H,35,37). The van der Waals surface area contributed by atoms with Crippen molar-refractivity contribution in [1.82, 2.24) is 9.88 Å². The molecule has 0 spiro atoms. The van der Waals surface area contributed by atoms with E-state index in [9.17, 15) is 9.59 Å².